The van der Waals surface area contributed by atoms with Gasteiger partial charge in [-0.1, -0.05) is 0 Å². The smallest absolute Gasteiger partial charge is 0.242 e. The first kappa shape index (κ1) is 15.6. The van der Waals surface area contributed by atoms with Gasteiger partial charge in [0.25, 0.3) is 0 Å². The van der Waals surface area contributed by atoms with E-state index >= 15 is 0 Å². The van der Waals surface area contributed by atoms with E-state index in [1.54, 1.807) is 5.38 Å². The monoisotopic (exact) mass is 292 g/mol. The van der Waals surface area contributed by atoms with E-state index in [2.05, 4.69) is 4.72 Å². The van der Waals surface area contributed by atoms with Crippen molar-refractivity contribution in [3.63, 3.8) is 0 Å². The highest BCUT2D eigenvalue weighted by Gasteiger charge is 2.21. The first-order valence-electron chi connectivity index (χ1n) is 5.71. The summed E-state index contributed by atoms with van der Waals surface area (Å²) >= 11 is 1.24. The van der Waals surface area contributed by atoms with Gasteiger partial charge in [0.1, 0.15) is 0 Å². The van der Waals surface area contributed by atoms with E-state index in [0.29, 0.717) is 4.88 Å². The Morgan fingerprint density at radius 3 is 2.72 bits per heavy atom. The Kier molecular flexibility index (Phi) is 5.74. The number of aliphatic hydroxyl groups is 1. The van der Waals surface area contributed by atoms with Gasteiger partial charge >= 0.3 is 0 Å². The molecule has 0 bridgehead atoms. The van der Waals surface area contributed by atoms with Crippen LogP contribution in [0.5, 0.6) is 0 Å². The molecule has 0 aliphatic heterocycles. The summed E-state index contributed by atoms with van der Waals surface area (Å²) in [5.74, 6) is 0. The number of thiophene rings is 1. The van der Waals surface area contributed by atoms with Gasteiger partial charge in [0.15, 0.2) is 0 Å². The molecule has 18 heavy (non-hydrogen) atoms. The fourth-order valence-electron chi connectivity index (χ4n) is 1.52. The van der Waals surface area contributed by atoms with E-state index in [0.717, 1.165) is 13.0 Å². The maximum Gasteiger partial charge on any atom is 0.242 e. The van der Waals surface area contributed by atoms with Gasteiger partial charge in [-0.15, -0.1) is 11.3 Å². The van der Waals surface area contributed by atoms with Crippen LogP contribution in [-0.4, -0.2) is 45.1 Å². The molecule has 0 spiro atoms. The van der Waals surface area contributed by atoms with Crippen molar-refractivity contribution >= 4 is 21.4 Å². The molecule has 0 aliphatic carbocycles. The molecule has 2 N–H and O–H groups in total. The number of nitrogens with zero attached hydrogens (tertiary/aromatic N) is 1. The van der Waals surface area contributed by atoms with Crippen LogP contribution in [0, 0.1) is 0 Å². The molecule has 0 radical (unpaired) electrons. The van der Waals surface area contributed by atoms with Crippen molar-refractivity contribution in [3.05, 3.63) is 16.3 Å². The topological polar surface area (TPSA) is 69.6 Å². The summed E-state index contributed by atoms with van der Waals surface area (Å²) in [6, 6.07) is 1.39. The summed E-state index contributed by atoms with van der Waals surface area (Å²) in [5, 5.41) is 10.8. The normalized spacial score (nSPS) is 14.1. The lowest BCUT2D eigenvalue weighted by atomic mass is 10.2. The van der Waals surface area contributed by atoms with Crippen LogP contribution in [0.4, 0.5) is 0 Å². The van der Waals surface area contributed by atoms with E-state index in [-0.39, 0.29) is 17.5 Å². The molecule has 5 nitrogen and oxygen atoms in total. The summed E-state index contributed by atoms with van der Waals surface area (Å²) in [5.41, 5.74) is 0. The van der Waals surface area contributed by atoms with Gasteiger partial charge in [0.05, 0.1) is 11.5 Å². The Morgan fingerprint density at radius 2 is 2.17 bits per heavy atom. The van der Waals surface area contributed by atoms with Gasteiger partial charge in [0.2, 0.25) is 10.0 Å². The molecule has 1 rings (SSSR count). The molecule has 104 valence electrons. The number of sulfonamides is 1. The number of hydrogen-bond donors (Lipinski definition) is 2. The quantitative estimate of drug-likeness (QED) is 0.782. The summed E-state index contributed by atoms with van der Waals surface area (Å²) in [6.07, 6.45) is 0.741. The largest absolute Gasteiger partial charge is 0.391 e. The molecule has 0 aliphatic rings. The zero-order chi connectivity index (χ0) is 13.8. The standard InChI is InChI=1S/C11H20N2O3S2/c1-9(4-6-13(2)3)12-18(15,16)11-5-7-17-10(11)8-14/h5,7,9,12,14H,4,6,8H2,1-3H3. The van der Waals surface area contributed by atoms with Crippen LogP contribution in [0.1, 0.15) is 18.2 Å². The molecular formula is C11H20N2O3S2. The lowest BCUT2D eigenvalue weighted by Gasteiger charge is -2.16. The lowest BCUT2D eigenvalue weighted by molar-refractivity contribution is 0.282. The first-order chi connectivity index (χ1) is 8.36. The Labute approximate surface area is 112 Å². The molecule has 0 amide bonds. The highest BCUT2D eigenvalue weighted by molar-refractivity contribution is 7.89. The van der Waals surface area contributed by atoms with Crippen molar-refractivity contribution in [2.45, 2.75) is 30.9 Å². The Bertz CT molecular complexity index is 468. The highest BCUT2D eigenvalue weighted by atomic mass is 32.2. The number of hydrogen-bond acceptors (Lipinski definition) is 5. The van der Waals surface area contributed by atoms with E-state index in [1.807, 2.05) is 25.9 Å². The second kappa shape index (κ2) is 6.63. The molecule has 7 heteroatoms. The average molecular weight is 292 g/mol. The summed E-state index contributed by atoms with van der Waals surface area (Å²) in [4.78, 5) is 2.67. The zero-order valence-electron chi connectivity index (χ0n) is 10.9. The minimum absolute atomic E-state index is 0.135. The van der Waals surface area contributed by atoms with Gasteiger partial charge in [-0.05, 0) is 45.4 Å². The average Bonchev–Trinajstić information content (AvgIpc) is 2.74. The predicted octanol–water partition coefficient (Wildman–Crippen LogP) is 0.859. The minimum atomic E-state index is -3.52. The van der Waals surface area contributed by atoms with E-state index < -0.39 is 10.0 Å². The fourth-order valence-corrected chi connectivity index (χ4v) is 4.10. The predicted molar refractivity (Wildman–Crippen MR) is 73.2 cm³/mol. The van der Waals surface area contributed by atoms with Gasteiger partial charge < -0.3 is 10.0 Å². The van der Waals surface area contributed by atoms with Crippen LogP contribution in [0.2, 0.25) is 0 Å². The number of rotatable bonds is 7. The highest BCUT2D eigenvalue weighted by Crippen LogP contribution is 2.22. The van der Waals surface area contributed by atoms with Gasteiger partial charge in [-0.25, -0.2) is 13.1 Å². The van der Waals surface area contributed by atoms with E-state index in [1.165, 1.54) is 17.4 Å². The van der Waals surface area contributed by atoms with Crippen molar-refractivity contribution in [1.29, 1.82) is 0 Å². The second-order valence-electron chi connectivity index (χ2n) is 4.48. The number of aliphatic hydroxyl groups excluding tert-OH is 1. The van der Waals surface area contributed by atoms with Crippen molar-refractivity contribution in [3.8, 4) is 0 Å². The molecular weight excluding hydrogens is 272 g/mol. The van der Waals surface area contributed by atoms with Crippen LogP contribution in [0.15, 0.2) is 16.3 Å². The maximum absolute atomic E-state index is 12.1. The summed E-state index contributed by atoms with van der Waals surface area (Å²) in [6.45, 7) is 2.41. The van der Waals surface area contributed by atoms with Gasteiger partial charge in [0, 0.05) is 10.9 Å². The third-order valence-electron chi connectivity index (χ3n) is 2.50. The van der Waals surface area contributed by atoms with Crippen LogP contribution >= 0.6 is 11.3 Å². The third-order valence-corrected chi connectivity index (χ3v) is 5.21. The molecule has 1 atom stereocenters. The molecule has 0 saturated heterocycles. The van der Waals surface area contributed by atoms with Crippen molar-refractivity contribution in [2.75, 3.05) is 20.6 Å². The molecule has 1 aromatic rings. The first-order valence-corrected chi connectivity index (χ1v) is 8.07. The Balaban J connectivity index is 2.70. The zero-order valence-corrected chi connectivity index (χ0v) is 12.5. The summed E-state index contributed by atoms with van der Waals surface area (Å²) < 4.78 is 26.8. The van der Waals surface area contributed by atoms with E-state index in [4.69, 9.17) is 5.11 Å². The molecule has 1 heterocycles. The van der Waals surface area contributed by atoms with E-state index in [9.17, 15) is 8.42 Å². The van der Waals surface area contributed by atoms with Crippen molar-refractivity contribution in [2.24, 2.45) is 0 Å². The SMILES string of the molecule is CC(CCN(C)C)NS(=O)(=O)c1ccsc1CO. The second-order valence-corrected chi connectivity index (χ2v) is 7.16. The van der Waals surface area contributed by atoms with Crippen LogP contribution in [-0.2, 0) is 16.6 Å². The minimum Gasteiger partial charge on any atom is -0.391 e. The Morgan fingerprint density at radius 1 is 1.50 bits per heavy atom. The molecule has 0 saturated carbocycles. The molecule has 1 aromatic heterocycles. The summed E-state index contributed by atoms with van der Waals surface area (Å²) in [7, 11) is 0.372. The maximum atomic E-state index is 12.1. The van der Waals surface area contributed by atoms with Crippen LogP contribution < -0.4 is 4.72 Å². The van der Waals surface area contributed by atoms with Gasteiger partial charge in [-0.2, -0.15) is 0 Å². The third kappa shape index (κ3) is 4.33. The molecule has 0 fully saturated rings. The van der Waals surface area contributed by atoms with Crippen LogP contribution in [0.25, 0.3) is 0 Å². The Hall–Kier alpha value is -0.470. The molecule has 1 unspecified atom stereocenters. The lowest BCUT2D eigenvalue weighted by Crippen LogP contribution is -2.35. The van der Waals surface area contributed by atoms with Crippen molar-refractivity contribution in [1.82, 2.24) is 9.62 Å². The van der Waals surface area contributed by atoms with Crippen LogP contribution in [0.3, 0.4) is 0 Å². The molecule has 0 aromatic carbocycles. The number of nitrogens with one attached hydrogen (secondary N) is 1. The van der Waals surface area contributed by atoms with Gasteiger partial charge in [-0.3, -0.25) is 0 Å². The van der Waals surface area contributed by atoms with Crippen molar-refractivity contribution < 1.29 is 13.5 Å². The fraction of sp³-hybridized carbons (Fsp3) is 0.636.